The van der Waals surface area contributed by atoms with Gasteiger partial charge in [-0.1, -0.05) is 30.3 Å². The van der Waals surface area contributed by atoms with Crippen LogP contribution in [0.2, 0.25) is 0 Å². The molecule has 3 rings (SSSR count). The van der Waals surface area contributed by atoms with Gasteiger partial charge in [0.2, 0.25) is 0 Å². The molecule has 0 radical (unpaired) electrons. The molecule has 1 aliphatic heterocycles. The highest BCUT2D eigenvalue weighted by Crippen LogP contribution is 2.40. The molecule has 9 nitrogen and oxygen atoms in total. The molecule has 27 heavy (non-hydrogen) atoms. The zero-order valence-corrected chi connectivity index (χ0v) is 14.3. The molecule has 0 amide bonds. The Labute approximate surface area is 154 Å². The van der Waals surface area contributed by atoms with Crippen molar-refractivity contribution < 1.29 is 19.7 Å². The topological polar surface area (TPSA) is 127 Å². The number of nitro benzene ring substituents is 2. The molecule has 0 aliphatic carbocycles. The maximum absolute atomic E-state index is 12.0. The van der Waals surface area contributed by atoms with Crippen LogP contribution in [0.1, 0.15) is 18.4 Å². The van der Waals surface area contributed by atoms with Gasteiger partial charge in [-0.2, -0.15) is 0 Å². The molecule has 1 saturated heterocycles. The molecule has 0 bridgehead atoms. The number of hydrogen-bond acceptors (Lipinski definition) is 6. The van der Waals surface area contributed by atoms with Crippen LogP contribution in [-0.4, -0.2) is 34.0 Å². The first-order valence-electron chi connectivity index (χ1n) is 8.32. The minimum atomic E-state index is -1.05. The zero-order chi connectivity index (χ0) is 19.6. The molecule has 2 aromatic carbocycles. The predicted octanol–water partition coefficient (Wildman–Crippen LogP) is 3.13. The number of carbonyl (C=O) groups is 1. The second-order valence-corrected chi connectivity index (χ2v) is 6.43. The van der Waals surface area contributed by atoms with Gasteiger partial charge in [-0.3, -0.25) is 25.0 Å². The maximum Gasteiger partial charge on any atom is 0.314 e. The van der Waals surface area contributed by atoms with E-state index in [9.17, 15) is 30.1 Å². The van der Waals surface area contributed by atoms with Crippen molar-refractivity contribution in [2.45, 2.75) is 18.3 Å². The van der Waals surface area contributed by atoms with Gasteiger partial charge in [-0.15, -0.1) is 0 Å². The van der Waals surface area contributed by atoms with Crippen LogP contribution in [0.5, 0.6) is 0 Å². The quantitative estimate of drug-likeness (QED) is 0.632. The lowest BCUT2D eigenvalue weighted by atomic mass is 9.72. The van der Waals surface area contributed by atoms with Crippen LogP contribution < -0.4 is 4.90 Å². The van der Waals surface area contributed by atoms with Gasteiger partial charge in [0.05, 0.1) is 21.3 Å². The van der Waals surface area contributed by atoms with Crippen molar-refractivity contribution in [2.75, 3.05) is 18.0 Å². The molecular formula is C18H17N3O6. The summed E-state index contributed by atoms with van der Waals surface area (Å²) in [5.41, 5.74) is -0.792. The number of hydrogen-bond donors (Lipinski definition) is 1. The third-order valence-electron chi connectivity index (χ3n) is 5.06. The number of piperidine rings is 1. The van der Waals surface area contributed by atoms with E-state index in [0.717, 1.165) is 6.07 Å². The molecule has 2 aromatic rings. The Morgan fingerprint density at radius 3 is 2.15 bits per heavy atom. The summed E-state index contributed by atoms with van der Waals surface area (Å²) in [6, 6.07) is 12.4. The van der Waals surface area contributed by atoms with Crippen LogP contribution in [0.15, 0.2) is 48.5 Å². The molecule has 9 heteroatoms. The summed E-state index contributed by atoms with van der Waals surface area (Å²) in [5.74, 6) is -0.924. The number of aliphatic carboxylic acids is 1. The van der Waals surface area contributed by atoms with Crippen molar-refractivity contribution in [3.63, 3.8) is 0 Å². The van der Waals surface area contributed by atoms with Crippen molar-refractivity contribution in [1.29, 1.82) is 0 Å². The van der Waals surface area contributed by atoms with Crippen molar-refractivity contribution in [1.82, 2.24) is 0 Å². The average molecular weight is 371 g/mol. The summed E-state index contributed by atoms with van der Waals surface area (Å²) in [6.07, 6.45) is 0.557. The Morgan fingerprint density at radius 1 is 1.00 bits per heavy atom. The Kier molecular flexibility index (Phi) is 4.76. The third-order valence-corrected chi connectivity index (χ3v) is 5.06. The molecule has 1 fully saturated rings. The highest BCUT2D eigenvalue weighted by Gasteiger charge is 2.43. The van der Waals surface area contributed by atoms with Crippen molar-refractivity contribution in [2.24, 2.45) is 0 Å². The fourth-order valence-electron chi connectivity index (χ4n) is 3.55. The molecule has 140 valence electrons. The minimum absolute atomic E-state index is 0.262. The predicted molar refractivity (Wildman–Crippen MR) is 97.0 cm³/mol. The minimum Gasteiger partial charge on any atom is -0.481 e. The first-order chi connectivity index (χ1) is 12.8. The van der Waals surface area contributed by atoms with Crippen molar-refractivity contribution in [3.05, 3.63) is 74.3 Å². The summed E-state index contributed by atoms with van der Waals surface area (Å²) in [4.78, 5) is 34.6. The van der Waals surface area contributed by atoms with Gasteiger partial charge in [-0.25, -0.2) is 0 Å². The summed E-state index contributed by atoms with van der Waals surface area (Å²) >= 11 is 0. The van der Waals surface area contributed by atoms with Crippen LogP contribution in [0.25, 0.3) is 0 Å². The van der Waals surface area contributed by atoms with Crippen LogP contribution in [0, 0.1) is 20.2 Å². The first-order valence-corrected chi connectivity index (χ1v) is 8.32. The lowest BCUT2D eigenvalue weighted by molar-refractivity contribution is -0.393. The number of non-ortho nitro benzene ring substituents is 1. The number of nitrogens with zero attached hydrogens (tertiary/aromatic N) is 3. The highest BCUT2D eigenvalue weighted by atomic mass is 16.6. The van der Waals surface area contributed by atoms with Gasteiger partial charge in [-0.05, 0) is 24.5 Å². The molecular weight excluding hydrogens is 354 g/mol. The van der Waals surface area contributed by atoms with E-state index in [0.29, 0.717) is 18.7 Å². The first kappa shape index (κ1) is 18.3. The van der Waals surface area contributed by atoms with E-state index in [2.05, 4.69) is 0 Å². The number of benzene rings is 2. The Morgan fingerprint density at radius 2 is 1.63 bits per heavy atom. The molecule has 0 unspecified atom stereocenters. The van der Waals surface area contributed by atoms with E-state index in [-0.39, 0.29) is 29.9 Å². The normalized spacial score (nSPS) is 15.9. The smallest absolute Gasteiger partial charge is 0.314 e. The number of nitro groups is 2. The lowest BCUT2D eigenvalue weighted by Gasteiger charge is -2.40. The number of carboxylic acid groups (broad SMARTS) is 1. The van der Waals surface area contributed by atoms with E-state index < -0.39 is 21.2 Å². The fraction of sp³-hybridized carbons (Fsp3) is 0.278. The Hall–Kier alpha value is -3.49. The third kappa shape index (κ3) is 3.31. The second kappa shape index (κ2) is 7.02. The lowest BCUT2D eigenvalue weighted by Crippen LogP contribution is -2.47. The van der Waals surface area contributed by atoms with Crippen LogP contribution >= 0.6 is 0 Å². The van der Waals surface area contributed by atoms with Gasteiger partial charge in [0.1, 0.15) is 5.69 Å². The second-order valence-electron chi connectivity index (χ2n) is 6.43. The number of carboxylic acids is 1. The summed E-state index contributed by atoms with van der Waals surface area (Å²) < 4.78 is 0. The largest absolute Gasteiger partial charge is 0.481 e. The van der Waals surface area contributed by atoms with Gasteiger partial charge >= 0.3 is 5.97 Å². The molecule has 1 heterocycles. The highest BCUT2D eigenvalue weighted by molar-refractivity contribution is 5.82. The Bertz CT molecular complexity index is 891. The molecule has 0 saturated carbocycles. The van der Waals surface area contributed by atoms with E-state index in [4.69, 9.17) is 0 Å². The van der Waals surface area contributed by atoms with Crippen LogP contribution in [-0.2, 0) is 10.2 Å². The summed E-state index contributed by atoms with van der Waals surface area (Å²) in [5, 5.41) is 32.1. The summed E-state index contributed by atoms with van der Waals surface area (Å²) in [6.45, 7) is 0.583. The fourth-order valence-corrected chi connectivity index (χ4v) is 3.55. The van der Waals surface area contributed by atoms with Crippen molar-refractivity contribution in [3.8, 4) is 0 Å². The standard InChI is InChI=1S/C18H17N3O6/c22-17(23)18(13-4-2-1-3-5-13)8-10-19(11-9-18)15-7-6-14(20(24)25)12-16(15)21(26)27/h1-7,12H,8-11H2,(H,22,23). The molecule has 0 atom stereocenters. The van der Waals surface area contributed by atoms with Crippen LogP contribution in [0.4, 0.5) is 17.1 Å². The molecule has 0 aromatic heterocycles. The zero-order valence-electron chi connectivity index (χ0n) is 14.3. The van der Waals surface area contributed by atoms with Crippen LogP contribution in [0.3, 0.4) is 0 Å². The van der Waals surface area contributed by atoms with E-state index in [1.807, 2.05) is 6.07 Å². The van der Waals surface area contributed by atoms with Crippen molar-refractivity contribution >= 4 is 23.0 Å². The summed E-state index contributed by atoms with van der Waals surface area (Å²) in [7, 11) is 0. The monoisotopic (exact) mass is 371 g/mol. The molecule has 0 spiro atoms. The van der Waals surface area contributed by atoms with Gasteiger partial charge in [0.25, 0.3) is 11.4 Å². The number of anilines is 1. The van der Waals surface area contributed by atoms with E-state index in [1.54, 1.807) is 29.2 Å². The Balaban J connectivity index is 1.90. The van der Waals surface area contributed by atoms with Gasteiger partial charge in [0, 0.05) is 19.2 Å². The van der Waals surface area contributed by atoms with Gasteiger partial charge < -0.3 is 10.0 Å². The maximum atomic E-state index is 12.0. The average Bonchev–Trinajstić information content (AvgIpc) is 2.68. The SMILES string of the molecule is O=C(O)C1(c2ccccc2)CCN(c2ccc([N+](=O)[O-])cc2[N+](=O)[O-])CC1. The molecule has 1 N–H and O–H groups in total. The van der Waals surface area contributed by atoms with E-state index >= 15 is 0 Å². The van der Waals surface area contributed by atoms with Gasteiger partial charge in [0.15, 0.2) is 0 Å². The number of rotatable bonds is 5. The van der Waals surface area contributed by atoms with E-state index in [1.165, 1.54) is 12.1 Å². The molecule has 1 aliphatic rings.